The Morgan fingerprint density at radius 2 is 1.75 bits per heavy atom. The van der Waals surface area contributed by atoms with Crippen molar-refractivity contribution in [2.45, 2.75) is 6.42 Å². The third-order valence-corrected chi connectivity index (χ3v) is 5.14. The first-order valence-corrected chi connectivity index (χ1v) is 9.60. The first kappa shape index (κ1) is 18.6. The highest BCUT2D eigenvalue weighted by Gasteiger charge is 2.18. The summed E-state index contributed by atoms with van der Waals surface area (Å²) in [5, 5.41) is 2.96. The number of carbonyl (C=O) groups excluding carboxylic acids is 1. The molecule has 1 N–H and O–H groups in total. The highest BCUT2D eigenvalue weighted by atomic mass is 19.1. The van der Waals surface area contributed by atoms with Crippen LogP contribution >= 0.6 is 0 Å². The number of benzene rings is 2. The maximum absolute atomic E-state index is 13.0. The van der Waals surface area contributed by atoms with Gasteiger partial charge in [-0.1, -0.05) is 0 Å². The van der Waals surface area contributed by atoms with Gasteiger partial charge in [-0.05, 0) is 55.4 Å². The van der Waals surface area contributed by atoms with E-state index < -0.39 is 0 Å². The topological polar surface area (TPSA) is 54.0 Å². The van der Waals surface area contributed by atoms with Crippen molar-refractivity contribution in [3.05, 3.63) is 53.8 Å². The van der Waals surface area contributed by atoms with Crippen molar-refractivity contribution in [3.8, 4) is 11.5 Å². The molecule has 2 aromatic rings. The monoisotopic (exact) mass is 385 g/mol. The molecule has 2 aliphatic heterocycles. The fourth-order valence-corrected chi connectivity index (χ4v) is 3.53. The Morgan fingerprint density at radius 1 is 1.00 bits per heavy atom. The number of ether oxygens (including phenoxy) is 2. The van der Waals surface area contributed by atoms with Crippen LogP contribution in [0.15, 0.2) is 42.5 Å². The average molecular weight is 385 g/mol. The summed E-state index contributed by atoms with van der Waals surface area (Å²) in [6.45, 7) is 5.56. The smallest absolute Gasteiger partial charge is 0.251 e. The van der Waals surface area contributed by atoms with Crippen LogP contribution in [0.3, 0.4) is 0 Å². The summed E-state index contributed by atoms with van der Waals surface area (Å²) < 4.78 is 23.6. The van der Waals surface area contributed by atoms with Gasteiger partial charge in [0.25, 0.3) is 5.91 Å². The van der Waals surface area contributed by atoms with E-state index in [2.05, 4.69) is 15.1 Å². The van der Waals surface area contributed by atoms with Crippen LogP contribution in [0.2, 0.25) is 0 Å². The molecule has 0 spiro atoms. The second kappa shape index (κ2) is 8.48. The Bertz CT molecular complexity index is 820. The summed E-state index contributed by atoms with van der Waals surface area (Å²) in [6.07, 6.45) is 0.896. The van der Waals surface area contributed by atoms with Gasteiger partial charge in [0.05, 0.1) is 0 Å². The number of fused-ring (bicyclic) bond motifs is 1. The van der Waals surface area contributed by atoms with E-state index in [1.165, 1.54) is 12.1 Å². The number of amides is 1. The van der Waals surface area contributed by atoms with E-state index in [4.69, 9.17) is 9.47 Å². The molecule has 0 aliphatic carbocycles. The normalized spacial score (nSPS) is 16.2. The quantitative estimate of drug-likeness (QED) is 0.775. The van der Waals surface area contributed by atoms with E-state index in [0.29, 0.717) is 23.6 Å². The maximum atomic E-state index is 13.0. The van der Waals surface area contributed by atoms with Gasteiger partial charge < -0.3 is 19.7 Å². The zero-order valence-corrected chi connectivity index (χ0v) is 15.7. The van der Waals surface area contributed by atoms with E-state index in [1.807, 2.05) is 12.1 Å². The molecule has 0 unspecified atom stereocenters. The number of nitrogens with zero attached hydrogens (tertiary/aromatic N) is 2. The molecule has 1 amide bonds. The molecule has 1 fully saturated rings. The van der Waals surface area contributed by atoms with Crippen molar-refractivity contribution < 1.29 is 18.7 Å². The molecule has 2 heterocycles. The van der Waals surface area contributed by atoms with Crippen molar-refractivity contribution in [1.29, 1.82) is 0 Å². The van der Waals surface area contributed by atoms with E-state index >= 15 is 0 Å². The second-order valence-electron chi connectivity index (χ2n) is 6.98. The predicted molar refractivity (Wildman–Crippen MR) is 105 cm³/mol. The number of hydrogen-bond donors (Lipinski definition) is 1. The standard InChI is InChI=1S/C21H24FN3O3/c22-17-3-5-18(6-4-17)25-12-10-24(11-13-25)9-1-8-23-21(26)16-2-7-19-20(14-16)28-15-27-19/h2-7,14H,1,8-13,15H2,(H,23,26). The molecule has 4 rings (SSSR count). The molecule has 7 heteroatoms. The van der Waals surface area contributed by atoms with Gasteiger partial charge in [0.2, 0.25) is 6.79 Å². The number of hydrogen-bond acceptors (Lipinski definition) is 5. The summed E-state index contributed by atoms with van der Waals surface area (Å²) in [5.74, 6) is 0.993. The van der Waals surface area contributed by atoms with Crippen LogP contribution in [0.4, 0.5) is 10.1 Å². The van der Waals surface area contributed by atoms with Crippen molar-refractivity contribution in [1.82, 2.24) is 10.2 Å². The Labute approximate surface area is 163 Å². The first-order valence-electron chi connectivity index (χ1n) is 9.60. The number of piperazine rings is 1. The third-order valence-electron chi connectivity index (χ3n) is 5.14. The van der Waals surface area contributed by atoms with Gasteiger partial charge in [0.15, 0.2) is 11.5 Å². The van der Waals surface area contributed by atoms with E-state index in [9.17, 15) is 9.18 Å². The third kappa shape index (κ3) is 4.36. The van der Waals surface area contributed by atoms with E-state index in [1.54, 1.807) is 18.2 Å². The second-order valence-corrected chi connectivity index (χ2v) is 6.98. The van der Waals surface area contributed by atoms with Gasteiger partial charge in [-0.15, -0.1) is 0 Å². The van der Waals surface area contributed by atoms with Crippen molar-refractivity contribution >= 4 is 11.6 Å². The Balaban J connectivity index is 1.16. The fourth-order valence-electron chi connectivity index (χ4n) is 3.53. The molecule has 0 bridgehead atoms. The van der Waals surface area contributed by atoms with Gasteiger partial charge in [-0.2, -0.15) is 0 Å². The Morgan fingerprint density at radius 3 is 2.54 bits per heavy atom. The van der Waals surface area contributed by atoms with Crippen LogP contribution < -0.4 is 19.7 Å². The number of carbonyl (C=O) groups is 1. The number of anilines is 1. The van der Waals surface area contributed by atoms with Crippen LogP contribution in [-0.2, 0) is 0 Å². The lowest BCUT2D eigenvalue weighted by Crippen LogP contribution is -2.47. The van der Waals surface area contributed by atoms with Crippen molar-refractivity contribution in [2.24, 2.45) is 0 Å². The van der Waals surface area contributed by atoms with Crippen LogP contribution in [0.5, 0.6) is 11.5 Å². The molecule has 28 heavy (non-hydrogen) atoms. The summed E-state index contributed by atoms with van der Waals surface area (Å²) >= 11 is 0. The van der Waals surface area contributed by atoms with Crippen molar-refractivity contribution in [3.63, 3.8) is 0 Å². The molecule has 0 saturated carbocycles. The van der Waals surface area contributed by atoms with Gasteiger partial charge in [0, 0.05) is 44.0 Å². The summed E-state index contributed by atoms with van der Waals surface area (Å²) in [7, 11) is 0. The van der Waals surface area contributed by atoms with Gasteiger partial charge >= 0.3 is 0 Å². The zero-order valence-electron chi connectivity index (χ0n) is 15.7. The summed E-state index contributed by atoms with van der Waals surface area (Å²) in [5.41, 5.74) is 1.65. The lowest BCUT2D eigenvalue weighted by atomic mass is 10.2. The summed E-state index contributed by atoms with van der Waals surface area (Å²) in [4.78, 5) is 16.9. The molecule has 2 aliphatic rings. The van der Waals surface area contributed by atoms with E-state index in [-0.39, 0.29) is 18.5 Å². The fraction of sp³-hybridized carbons (Fsp3) is 0.381. The highest BCUT2D eigenvalue weighted by Crippen LogP contribution is 2.32. The van der Waals surface area contributed by atoms with Gasteiger partial charge in [-0.25, -0.2) is 4.39 Å². The molecule has 2 aromatic carbocycles. The van der Waals surface area contributed by atoms with Crippen molar-refractivity contribution in [2.75, 3.05) is 51.0 Å². The number of halogens is 1. The van der Waals surface area contributed by atoms with Gasteiger partial charge in [0.1, 0.15) is 5.82 Å². The lowest BCUT2D eigenvalue weighted by molar-refractivity contribution is 0.0951. The van der Waals surface area contributed by atoms with Crippen LogP contribution in [0.1, 0.15) is 16.8 Å². The van der Waals surface area contributed by atoms with Crippen LogP contribution in [0.25, 0.3) is 0 Å². The minimum Gasteiger partial charge on any atom is -0.454 e. The lowest BCUT2D eigenvalue weighted by Gasteiger charge is -2.36. The van der Waals surface area contributed by atoms with E-state index in [0.717, 1.165) is 44.8 Å². The minimum atomic E-state index is -0.204. The summed E-state index contributed by atoms with van der Waals surface area (Å²) in [6, 6.07) is 11.9. The highest BCUT2D eigenvalue weighted by molar-refractivity contribution is 5.94. The number of rotatable bonds is 6. The average Bonchev–Trinajstić information content (AvgIpc) is 3.20. The minimum absolute atomic E-state index is 0.0978. The SMILES string of the molecule is O=C(NCCCN1CCN(c2ccc(F)cc2)CC1)c1ccc2c(c1)OCO2. The Hall–Kier alpha value is -2.80. The molecule has 148 valence electrons. The van der Waals surface area contributed by atoms with Gasteiger partial charge in [-0.3, -0.25) is 9.69 Å². The predicted octanol–water partition coefficient (Wildman–Crippen LogP) is 2.50. The number of nitrogens with one attached hydrogen (secondary N) is 1. The molecular formula is C21H24FN3O3. The molecule has 1 saturated heterocycles. The molecule has 6 nitrogen and oxygen atoms in total. The maximum Gasteiger partial charge on any atom is 0.251 e. The Kier molecular flexibility index (Phi) is 5.62. The van der Waals surface area contributed by atoms with Crippen LogP contribution in [0, 0.1) is 5.82 Å². The first-order chi connectivity index (χ1) is 13.7. The zero-order chi connectivity index (χ0) is 19.3. The molecule has 0 atom stereocenters. The van der Waals surface area contributed by atoms with Crippen LogP contribution in [-0.4, -0.2) is 56.9 Å². The molecule has 0 aromatic heterocycles. The molecule has 0 radical (unpaired) electrons. The molecular weight excluding hydrogens is 361 g/mol. The largest absolute Gasteiger partial charge is 0.454 e.